The number of carbonyl (C=O) groups excluding carboxylic acids is 3. The number of rotatable bonds is 9. The van der Waals surface area contributed by atoms with E-state index in [-0.39, 0.29) is 30.7 Å². The first-order valence-corrected chi connectivity index (χ1v) is 14.1. The summed E-state index contributed by atoms with van der Waals surface area (Å²) in [5, 5.41) is 23.3. The lowest BCUT2D eigenvalue weighted by atomic mass is 9.88. The third-order valence-corrected chi connectivity index (χ3v) is 7.22. The van der Waals surface area contributed by atoms with Gasteiger partial charge in [-0.15, -0.1) is 0 Å². The van der Waals surface area contributed by atoms with Crippen LogP contribution >= 0.6 is 0 Å². The molecule has 2 aromatic carbocycles. The van der Waals surface area contributed by atoms with Crippen LogP contribution < -0.4 is 16.4 Å². The van der Waals surface area contributed by atoms with Gasteiger partial charge in [0.2, 0.25) is 5.91 Å². The van der Waals surface area contributed by atoms with Gasteiger partial charge in [0.1, 0.15) is 30.0 Å². The smallest absolute Gasteiger partial charge is 0.408 e. The van der Waals surface area contributed by atoms with Gasteiger partial charge in [0.05, 0.1) is 0 Å². The predicted octanol–water partition coefficient (Wildman–Crippen LogP) is 3.28. The summed E-state index contributed by atoms with van der Waals surface area (Å²) in [5.74, 6) is -1.38. The van der Waals surface area contributed by atoms with Crippen molar-refractivity contribution in [1.82, 2.24) is 15.5 Å². The maximum atomic E-state index is 13.9. The van der Waals surface area contributed by atoms with Gasteiger partial charge in [0, 0.05) is 19.5 Å². The van der Waals surface area contributed by atoms with Crippen LogP contribution in [0.15, 0.2) is 42.5 Å². The summed E-state index contributed by atoms with van der Waals surface area (Å²) in [7, 11) is 0. The fraction of sp³-hybridized carbons (Fsp3) is 0.484. The molecule has 0 unspecified atom stereocenters. The fourth-order valence-corrected chi connectivity index (χ4v) is 5.09. The van der Waals surface area contributed by atoms with Crippen LogP contribution in [-0.4, -0.2) is 64.7 Å². The Labute approximate surface area is 247 Å². The largest absolute Gasteiger partial charge is 0.508 e. The molecule has 11 nitrogen and oxygen atoms in total. The molecule has 0 saturated carbocycles. The number of aromatic hydroxyl groups is 1. The highest BCUT2D eigenvalue weighted by molar-refractivity contribution is 5.90. The molecule has 0 radical (unpaired) electrons. The van der Waals surface area contributed by atoms with Crippen LogP contribution in [0.4, 0.5) is 4.79 Å². The Morgan fingerprint density at radius 3 is 2.21 bits per heavy atom. The number of hydrogen-bond donors (Lipinski definition) is 5. The molecular weight excluding hydrogens is 538 g/mol. The number of ether oxygens (including phenoxy) is 2. The molecule has 1 aliphatic heterocycles. The van der Waals surface area contributed by atoms with Gasteiger partial charge < -0.3 is 35.8 Å². The lowest BCUT2D eigenvalue weighted by Crippen LogP contribution is -2.57. The Morgan fingerprint density at radius 1 is 1.07 bits per heavy atom. The van der Waals surface area contributed by atoms with Crippen LogP contribution in [0.2, 0.25) is 0 Å². The van der Waals surface area contributed by atoms with Crippen molar-refractivity contribution in [2.45, 2.75) is 78.2 Å². The number of piperidine rings is 1. The number of nitrogens with zero attached hydrogens (tertiary/aromatic N) is 1. The number of likely N-dealkylation sites (tertiary alicyclic amines) is 1. The minimum atomic E-state index is -1.05. The van der Waals surface area contributed by atoms with Gasteiger partial charge in [-0.25, -0.2) is 9.59 Å². The highest BCUT2D eigenvalue weighted by Crippen LogP contribution is 2.24. The third kappa shape index (κ3) is 9.39. The molecule has 42 heavy (non-hydrogen) atoms. The van der Waals surface area contributed by atoms with Crippen LogP contribution in [0.3, 0.4) is 0 Å². The van der Waals surface area contributed by atoms with E-state index < -0.39 is 35.7 Å². The molecule has 2 amide bonds. The number of nitrogens with two attached hydrogens (primary N) is 1. The Morgan fingerprint density at radius 2 is 1.67 bits per heavy atom. The van der Waals surface area contributed by atoms with Gasteiger partial charge in [-0.05, 0) is 87.8 Å². The van der Waals surface area contributed by atoms with Gasteiger partial charge >= 0.3 is 12.1 Å². The van der Waals surface area contributed by atoms with E-state index in [4.69, 9.17) is 20.6 Å². The summed E-state index contributed by atoms with van der Waals surface area (Å²) >= 11 is 0. The maximum Gasteiger partial charge on any atom is 0.408 e. The van der Waals surface area contributed by atoms with E-state index in [1.165, 1.54) is 0 Å². The predicted molar refractivity (Wildman–Crippen MR) is 159 cm³/mol. The number of esters is 1. The minimum Gasteiger partial charge on any atom is -0.508 e. The second-order valence-corrected chi connectivity index (χ2v) is 11.8. The first kappa shape index (κ1) is 32.2. The van der Waals surface area contributed by atoms with Crippen molar-refractivity contribution in [1.29, 1.82) is 5.41 Å². The van der Waals surface area contributed by atoms with Crippen molar-refractivity contribution in [3.05, 3.63) is 64.7 Å². The van der Waals surface area contributed by atoms with E-state index in [9.17, 15) is 19.5 Å². The normalized spacial score (nSPS) is 15.3. The number of carbonyl (C=O) groups is 3. The zero-order valence-corrected chi connectivity index (χ0v) is 25.0. The molecule has 0 aromatic heterocycles. The van der Waals surface area contributed by atoms with Crippen LogP contribution in [0.25, 0.3) is 0 Å². The first-order chi connectivity index (χ1) is 19.7. The molecule has 1 heterocycles. The summed E-state index contributed by atoms with van der Waals surface area (Å²) in [6.45, 7) is 9.82. The van der Waals surface area contributed by atoms with Gasteiger partial charge in [-0.2, -0.15) is 0 Å². The average Bonchev–Trinajstić information content (AvgIpc) is 2.91. The van der Waals surface area contributed by atoms with Gasteiger partial charge in [-0.1, -0.05) is 30.3 Å². The number of alkyl carbamates (subject to hydrolysis) is 1. The summed E-state index contributed by atoms with van der Waals surface area (Å²) < 4.78 is 11.1. The zero-order chi connectivity index (χ0) is 31.0. The summed E-state index contributed by atoms with van der Waals surface area (Å²) in [6, 6.07) is 10.3. The van der Waals surface area contributed by atoms with E-state index in [0.717, 1.165) is 22.3 Å². The Bertz CT molecular complexity index is 1250. The maximum absolute atomic E-state index is 13.9. The van der Waals surface area contributed by atoms with Gasteiger partial charge in [0.15, 0.2) is 5.96 Å². The second kappa shape index (κ2) is 14.1. The zero-order valence-electron chi connectivity index (χ0n) is 25.0. The number of hydrogen-bond acceptors (Lipinski definition) is 7. The number of nitrogens with one attached hydrogen (secondary N) is 3. The monoisotopic (exact) mass is 581 g/mol. The number of phenolic OH excluding ortho intramolecular Hbond substituents is 1. The lowest BCUT2D eigenvalue weighted by Gasteiger charge is -2.36. The Balaban J connectivity index is 1.84. The quantitative estimate of drug-likeness (QED) is 0.171. The molecule has 2 aromatic rings. The van der Waals surface area contributed by atoms with Crippen molar-refractivity contribution in [3.63, 3.8) is 0 Å². The highest BCUT2D eigenvalue weighted by Gasteiger charge is 2.36. The van der Waals surface area contributed by atoms with E-state index in [2.05, 4.69) is 10.6 Å². The van der Waals surface area contributed by atoms with E-state index >= 15 is 0 Å². The number of guanidine groups is 1. The molecule has 0 bridgehead atoms. The highest BCUT2D eigenvalue weighted by atomic mass is 16.6. The molecule has 3 rings (SSSR count). The molecule has 2 atom stereocenters. The van der Waals surface area contributed by atoms with Crippen molar-refractivity contribution < 1.29 is 29.0 Å². The lowest BCUT2D eigenvalue weighted by molar-refractivity contribution is -0.158. The molecule has 1 saturated heterocycles. The van der Waals surface area contributed by atoms with Crippen LogP contribution in [0.5, 0.6) is 5.75 Å². The molecule has 6 N–H and O–H groups in total. The number of aryl methyl sites for hydroxylation is 2. The molecule has 11 heteroatoms. The van der Waals surface area contributed by atoms with Crippen LogP contribution in [0, 0.1) is 25.2 Å². The number of benzene rings is 2. The average molecular weight is 582 g/mol. The van der Waals surface area contributed by atoms with Crippen molar-refractivity contribution in [3.8, 4) is 5.75 Å². The molecule has 1 aliphatic rings. The van der Waals surface area contributed by atoms with Gasteiger partial charge in [-0.3, -0.25) is 10.2 Å². The van der Waals surface area contributed by atoms with Crippen LogP contribution in [-0.2, 0) is 32.1 Å². The Kier molecular flexibility index (Phi) is 10.8. The molecule has 228 valence electrons. The van der Waals surface area contributed by atoms with E-state index in [1.54, 1.807) is 37.8 Å². The number of phenols is 1. The third-order valence-electron chi connectivity index (χ3n) is 7.22. The van der Waals surface area contributed by atoms with Crippen molar-refractivity contribution >= 4 is 23.9 Å². The Hall–Kier alpha value is -4.28. The molecule has 1 fully saturated rings. The summed E-state index contributed by atoms with van der Waals surface area (Å²) in [6.07, 6.45) is 0.354. The standard InChI is InChI=1S/C31H43N5O6/c1-19-15-23(37)16-20(2)24(19)17-25(28(39)42-31(3,4)5)34-27(38)26(22-11-13-36(14-12-22)29(32)33)35-30(40)41-18-21-9-7-6-8-10-21/h6-10,15-16,22,25-26,37H,11-14,17-18H2,1-5H3,(H3,32,33)(H,34,38)(H,35,40)/t25-,26+/m0/s1. The van der Waals surface area contributed by atoms with Crippen molar-refractivity contribution in [2.24, 2.45) is 11.7 Å². The van der Waals surface area contributed by atoms with Crippen LogP contribution in [0.1, 0.15) is 55.9 Å². The molecule has 0 spiro atoms. The first-order valence-electron chi connectivity index (χ1n) is 14.1. The van der Waals surface area contributed by atoms with E-state index in [0.29, 0.717) is 25.9 Å². The minimum absolute atomic E-state index is 0.0315. The SMILES string of the molecule is Cc1cc(O)cc(C)c1C[C@H](NC(=O)[C@H](NC(=O)OCc1ccccc1)C1CCN(C(=N)N)CC1)C(=O)OC(C)(C)C. The topological polar surface area (TPSA) is 167 Å². The van der Waals surface area contributed by atoms with Crippen molar-refractivity contribution in [2.75, 3.05) is 13.1 Å². The summed E-state index contributed by atoms with van der Waals surface area (Å²) in [5.41, 5.74) is 7.99. The second-order valence-electron chi connectivity index (χ2n) is 11.8. The fourth-order valence-electron chi connectivity index (χ4n) is 5.09. The molecular formula is C31H43N5O6. The van der Waals surface area contributed by atoms with E-state index in [1.807, 2.05) is 44.2 Å². The summed E-state index contributed by atoms with van der Waals surface area (Å²) in [4.78, 5) is 41.8. The molecule has 0 aliphatic carbocycles. The number of amides is 2. The van der Waals surface area contributed by atoms with Gasteiger partial charge in [0.25, 0.3) is 0 Å².